The molecule has 5 aliphatic rings. The van der Waals surface area contributed by atoms with Crippen molar-refractivity contribution in [3.8, 4) is 6.07 Å². The third kappa shape index (κ3) is 8.36. The number of carbonyl (C=O) groups excluding carboxylic acids is 4. The monoisotopic (exact) mass is 820 g/mol. The second-order valence-corrected chi connectivity index (χ2v) is 17.2. The van der Waals surface area contributed by atoms with Crippen molar-refractivity contribution < 1.29 is 23.9 Å². The van der Waals surface area contributed by atoms with E-state index >= 15 is 0 Å². The summed E-state index contributed by atoms with van der Waals surface area (Å²) in [6, 6.07) is 21.8. The smallest absolute Gasteiger partial charge is 0.262 e. The van der Waals surface area contributed by atoms with Crippen molar-refractivity contribution in [3.05, 3.63) is 82.4 Å². The maximum Gasteiger partial charge on any atom is 0.262 e. The molecule has 4 amide bonds. The molecule has 14 heteroatoms. The summed E-state index contributed by atoms with van der Waals surface area (Å²) >= 11 is 6.39. The summed E-state index contributed by atoms with van der Waals surface area (Å²) in [6.45, 7) is 12.1. The van der Waals surface area contributed by atoms with Gasteiger partial charge in [-0.3, -0.25) is 34.3 Å². The molecule has 0 bridgehead atoms. The molecular formula is C45H53ClN8O5. The van der Waals surface area contributed by atoms with Crippen LogP contribution in [0.5, 0.6) is 0 Å². The Bertz CT molecular complexity index is 2120. The molecule has 2 atom stereocenters. The van der Waals surface area contributed by atoms with E-state index in [1.165, 1.54) is 17.8 Å². The van der Waals surface area contributed by atoms with Gasteiger partial charge in [-0.05, 0) is 112 Å². The number of benzene rings is 3. The minimum atomic E-state index is -0.987. The van der Waals surface area contributed by atoms with Crippen molar-refractivity contribution in [2.75, 3.05) is 98.8 Å². The summed E-state index contributed by atoms with van der Waals surface area (Å²) in [5.41, 5.74) is 5.86. The fourth-order valence-corrected chi connectivity index (χ4v) is 10.1. The number of nitriles is 1. The highest BCUT2D eigenvalue weighted by atomic mass is 35.5. The van der Waals surface area contributed by atoms with E-state index in [1.807, 2.05) is 24.3 Å². The van der Waals surface area contributed by atoms with Crippen molar-refractivity contribution in [2.24, 2.45) is 5.41 Å². The van der Waals surface area contributed by atoms with Gasteiger partial charge < -0.3 is 24.3 Å². The lowest BCUT2D eigenvalue weighted by atomic mass is 9.76. The van der Waals surface area contributed by atoms with Crippen LogP contribution in [0.3, 0.4) is 0 Å². The predicted octanol–water partition coefficient (Wildman–Crippen LogP) is 5.16. The number of nitrogens with one attached hydrogen (secondary N) is 1. The van der Waals surface area contributed by atoms with E-state index in [9.17, 15) is 24.4 Å². The molecule has 1 unspecified atom stereocenters. The topological polar surface area (TPSA) is 133 Å². The van der Waals surface area contributed by atoms with Crippen LogP contribution in [0.4, 0.5) is 22.7 Å². The average molecular weight is 821 g/mol. The van der Waals surface area contributed by atoms with Gasteiger partial charge in [-0.25, -0.2) is 0 Å². The van der Waals surface area contributed by atoms with Crippen LogP contribution < -0.4 is 24.9 Å². The maximum absolute atomic E-state index is 13.5. The van der Waals surface area contributed by atoms with Gasteiger partial charge in [-0.2, -0.15) is 5.26 Å². The summed E-state index contributed by atoms with van der Waals surface area (Å²) in [6.07, 6.45) is 4.62. The summed E-state index contributed by atoms with van der Waals surface area (Å²) in [5.74, 6) is -2.00. The fraction of sp³-hybridized carbons (Fsp3) is 0.489. The third-order valence-corrected chi connectivity index (χ3v) is 13.5. The maximum atomic E-state index is 13.5. The Labute approximate surface area is 351 Å². The Hall–Kier alpha value is -5.16. The van der Waals surface area contributed by atoms with Crippen LogP contribution in [-0.4, -0.2) is 125 Å². The lowest BCUT2D eigenvalue weighted by molar-refractivity contribution is -0.136. The number of rotatable bonds is 12. The van der Waals surface area contributed by atoms with E-state index in [0.29, 0.717) is 35.2 Å². The first-order valence-electron chi connectivity index (χ1n) is 20.9. The Morgan fingerprint density at radius 3 is 2.20 bits per heavy atom. The van der Waals surface area contributed by atoms with Crippen LogP contribution in [0.1, 0.15) is 71.7 Å². The van der Waals surface area contributed by atoms with Gasteiger partial charge in [0.15, 0.2) is 0 Å². The number of hydrogen-bond donors (Lipinski definition) is 1. The van der Waals surface area contributed by atoms with E-state index < -0.39 is 29.7 Å². The van der Waals surface area contributed by atoms with Crippen LogP contribution >= 0.6 is 11.6 Å². The summed E-state index contributed by atoms with van der Waals surface area (Å²) in [4.78, 5) is 64.0. The van der Waals surface area contributed by atoms with Crippen molar-refractivity contribution >= 4 is 58.0 Å². The van der Waals surface area contributed by atoms with E-state index in [2.05, 4.69) is 67.1 Å². The second-order valence-electron chi connectivity index (χ2n) is 16.8. The van der Waals surface area contributed by atoms with E-state index in [-0.39, 0.29) is 24.0 Å². The Morgan fingerprint density at radius 2 is 1.54 bits per heavy atom. The zero-order valence-corrected chi connectivity index (χ0v) is 34.8. The van der Waals surface area contributed by atoms with Gasteiger partial charge in [0.1, 0.15) is 12.1 Å². The number of nitrogens with zero attached hydrogens (tertiary/aromatic N) is 7. The van der Waals surface area contributed by atoms with Crippen LogP contribution in [0.15, 0.2) is 60.7 Å². The fourth-order valence-electron chi connectivity index (χ4n) is 9.86. The molecular weight excluding hydrogens is 768 g/mol. The number of amides is 4. The zero-order chi connectivity index (χ0) is 41.3. The largest absolute Gasteiger partial charge is 0.383 e. The highest BCUT2D eigenvalue weighted by Crippen LogP contribution is 2.46. The molecule has 1 N–H and O–H groups in total. The van der Waals surface area contributed by atoms with E-state index in [1.54, 1.807) is 19.2 Å². The van der Waals surface area contributed by atoms with Crippen molar-refractivity contribution in [1.82, 2.24) is 15.1 Å². The average Bonchev–Trinajstić information content (AvgIpc) is 3.70. The summed E-state index contributed by atoms with van der Waals surface area (Å²) in [5, 5.41) is 12.1. The van der Waals surface area contributed by atoms with Gasteiger partial charge in [-0.1, -0.05) is 11.6 Å². The number of methoxy groups -OCH3 is 1. The summed E-state index contributed by atoms with van der Waals surface area (Å²) in [7, 11) is 1.67. The molecule has 8 rings (SSSR count). The summed E-state index contributed by atoms with van der Waals surface area (Å²) < 4.78 is 5.41. The van der Waals surface area contributed by atoms with Crippen molar-refractivity contribution in [1.29, 1.82) is 5.26 Å². The first kappa shape index (κ1) is 40.6. The lowest BCUT2D eigenvalue weighted by Gasteiger charge is -2.41. The molecule has 4 saturated heterocycles. The number of halogens is 1. The lowest BCUT2D eigenvalue weighted by Crippen LogP contribution is -2.54. The second kappa shape index (κ2) is 17.2. The highest BCUT2D eigenvalue weighted by Gasteiger charge is 2.46. The molecule has 0 aromatic heterocycles. The molecule has 4 fully saturated rings. The Kier molecular flexibility index (Phi) is 11.8. The minimum Gasteiger partial charge on any atom is -0.383 e. The molecule has 0 saturated carbocycles. The molecule has 59 heavy (non-hydrogen) atoms. The van der Waals surface area contributed by atoms with Crippen molar-refractivity contribution in [3.63, 3.8) is 0 Å². The number of imide groups is 2. The molecule has 3 aromatic rings. The molecule has 1 spiro atoms. The molecule has 0 aliphatic carbocycles. The molecule has 5 aliphatic heterocycles. The van der Waals surface area contributed by atoms with Crippen LogP contribution in [-0.2, 0) is 14.3 Å². The normalized spacial score (nSPS) is 21.9. The molecule has 3 aromatic carbocycles. The number of carbonyl (C=O) groups is 4. The predicted molar refractivity (Wildman–Crippen MR) is 228 cm³/mol. The number of hydrogen-bond acceptors (Lipinski definition) is 11. The number of fused-ring (bicyclic) bond motifs is 1. The standard InChI is InChI=1S/C45H53ClN8O5/c1-31-28-45(30-53(31)36-5-4-32(29-47)39(46)27-36)14-18-51(19-15-45)33-6-8-34(9-7-33)52-22-20-49(21-23-52)16-3-17-50(24-25-59-2)35-10-11-37-38(26-35)44(58)54(43(37)57)40-12-13-41(55)48-42(40)56/h4-11,26-27,31,40H,3,12-25,28,30H2,1-2H3,(H,48,55,56)/t31-,40?/m0/s1. The quantitative estimate of drug-likeness (QED) is 0.243. The number of piperazine rings is 1. The van der Waals surface area contributed by atoms with Gasteiger partial charge in [0, 0.05) is 101 Å². The first-order valence-corrected chi connectivity index (χ1v) is 21.3. The van der Waals surface area contributed by atoms with Crippen LogP contribution in [0.2, 0.25) is 5.02 Å². The number of piperidine rings is 2. The van der Waals surface area contributed by atoms with Crippen LogP contribution in [0, 0.1) is 16.7 Å². The highest BCUT2D eigenvalue weighted by molar-refractivity contribution is 6.32. The van der Waals surface area contributed by atoms with Gasteiger partial charge in [0.2, 0.25) is 11.8 Å². The molecule has 310 valence electrons. The number of anilines is 4. The van der Waals surface area contributed by atoms with Crippen molar-refractivity contribution in [2.45, 2.75) is 57.5 Å². The van der Waals surface area contributed by atoms with Gasteiger partial charge >= 0.3 is 0 Å². The Balaban J connectivity index is 0.802. The number of ether oxygens (including phenoxy) is 1. The van der Waals surface area contributed by atoms with Gasteiger partial charge in [0.25, 0.3) is 11.8 Å². The third-order valence-electron chi connectivity index (χ3n) is 13.2. The van der Waals surface area contributed by atoms with Crippen LogP contribution in [0.25, 0.3) is 0 Å². The van der Waals surface area contributed by atoms with E-state index in [4.69, 9.17) is 16.3 Å². The SMILES string of the molecule is COCCN(CCCN1CCN(c2ccc(N3CCC4(CC3)C[C@H](C)N(c3ccc(C#N)c(Cl)c3)C4)cc2)CC1)c1ccc2c(c1)C(=O)N(C1CCC(=O)NC1=O)C2=O. The molecule has 5 heterocycles. The van der Waals surface area contributed by atoms with Gasteiger partial charge in [0.05, 0.1) is 28.3 Å². The minimum absolute atomic E-state index is 0.0865. The molecule has 0 radical (unpaired) electrons. The van der Waals surface area contributed by atoms with Gasteiger partial charge in [-0.15, -0.1) is 0 Å². The zero-order valence-electron chi connectivity index (χ0n) is 34.0. The first-order chi connectivity index (χ1) is 28.6. The van der Waals surface area contributed by atoms with E-state index in [0.717, 1.165) is 94.4 Å². The Morgan fingerprint density at radius 1 is 0.864 bits per heavy atom. The molecule has 13 nitrogen and oxygen atoms in total.